The summed E-state index contributed by atoms with van der Waals surface area (Å²) in [6.07, 6.45) is 2.08. The predicted octanol–water partition coefficient (Wildman–Crippen LogP) is 2.37. The molecule has 0 spiro atoms. The molecule has 0 atom stereocenters. The molecule has 1 rings (SSSR count). The van der Waals surface area contributed by atoms with Crippen LogP contribution in [0, 0.1) is 0 Å². The zero-order chi connectivity index (χ0) is 14.1. The molecule has 0 saturated carbocycles. The lowest BCUT2D eigenvalue weighted by Crippen LogP contribution is -2.24. The van der Waals surface area contributed by atoms with Crippen LogP contribution in [0.15, 0.2) is 24.3 Å². The van der Waals surface area contributed by atoms with E-state index in [1.165, 1.54) is 0 Å². The topological polar surface area (TPSA) is 64.6 Å². The average molecular weight is 265 g/mol. The smallest absolute Gasteiger partial charge is 0.397 e. The van der Waals surface area contributed by atoms with Gasteiger partial charge in [0.1, 0.15) is 5.75 Å². The highest BCUT2D eigenvalue weighted by molar-refractivity contribution is 6.37. The molecule has 1 aromatic rings. The van der Waals surface area contributed by atoms with E-state index in [2.05, 4.69) is 17.0 Å². The first-order valence-corrected chi connectivity index (χ1v) is 6.38. The molecule has 19 heavy (non-hydrogen) atoms. The van der Waals surface area contributed by atoms with Gasteiger partial charge in [-0.1, -0.05) is 13.3 Å². The number of benzene rings is 1. The highest BCUT2D eigenvalue weighted by Crippen LogP contribution is 2.16. The number of hydrogen-bond donors (Lipinski definition) is 1. The van der Waals surface area contributed by atoms with Crippen LogP contribution in [0.3, 0.4) is 0 Å². The van der Waals surface area contributed by atoms with E-state index in [0.717, 1.165) is 18.6 Å². The summed E-state index contributed by atoms with van der Waals surface area (Å²) in [6, 6.07) is 6.85. The van der Waals surface area contributed by atoms with Crippen molar-refractivity contribution in [3.63, 3.8) is 0 Å². The third-order valence-corrected chi connectivity index (χ3v) is 2.34. The number of hydrogen-bond acceptors (Lipinski definition) is 4. The Hall–Kier alpha value is -2.04. The van der Waals surface area contributed by atoms with Crippen LogP contribution in [-0.2, 0) is 14.3 Å². The number of amides is 1. The standard InChI is InChI=1S/C14H19NO4/c1-3-5-10-19-12-8-6-11(7-9-12)15-13(16)14(17)18-4-2/h6-9H,3-5,10H2,1-2H3,(H,15,16). The molecule has 0 bridgehead atoms. The van der Waals surface area contributed by atoms with Crippen LogP contribution in [0.1, 0.15) is 26.7 Å². The molecule has 0 fully saturated rings. The van der Waals surface area contributed by atoms with E-state index in [-0.39, 0.29) is 6.61 Å². The van der Waals surface area contributed by atoms with Crippen LogP contribution >= 0.6 is 0 Å². The van der Waals surface area contributed by atoms with Gasteiger partial charge in [-0.15, -0.1) is 0 Å². The molecule has 0 aliphatic carbocycles. The van der Waals surface area contributed by atoms with Crippen LogP contribution in [0.5, 0.6) is 5.75 Å². The zero-order valence-corrected chi connectivity index (χ0v) is 11.3. The van der Waals surface area contributed by atoms with Gasteiger partial charge in [-0.3, -0.25) is 4.79 Å². The second-order valence-electron chi connectivity index (χ2n) is 3.90. The highest BCUT2D eigenvalue weighted by atomic mass is 16.5. The largest absolute Gasteiger partial charge is 0.494 e. The molecule has 0 radical (unpaired) electrons. The third-order valence-electron chi connectivity index (χ3n) is 2.34. The molecule has 5 nitrogen and oxygen atoms in total. The minimum absolute atomic E-state index is 0.177. The molecule has 1 amide bonds. The van der Waals surface area contributed by atoms with Gasteiger partial charge in [0.05, 0.1) is 13.2 Å². The van der Waals surface area contributed by atoms with Crippen LogP contribution in [-0.4, -0.2) is 25.1 Å². The molecular weight excluding hydrogens is 246 g/mol. The molecule has 104 valence electrons. The van der Waals surface area contributed by atoms with E-state index in [1.807, 2.05) is 0 Å². The first-order valence-electron chi connectivity index (χ1n) is 6.38. The number of nitrogens with one attached hydrogen (secondary N) is 1. The maximum Gasteiger partial charge on any atom is 0.397 e. The van der Waals surface area contributed by atoms with Gasteiger partial charge < -0.3 is 14.8 Å². The van der Waals surface area contributed by atoms with Gasteiger partial charge in [-0.25, -0.2) is 4.79 Å². The molecule has 0 heterocycles. The SMILES string of the molecule is CCCCOc1ccc(NC(=O)C(=O)OCC)cc1. The highest BCUT2D eigenvalue weighted by Gasteiger charge is 2.14. The van der Waals surface area contributed by atoms with Crippen molar-refractivity contribution in [2.75, 3.05) is 18.5 Å². The average Bonchev–Trinajstić information content (AvgIpc) is 2.41. The van der Waals surface area contributed by atoms with Crippen molar-refractivity contribution >= 4 is 17.6 Å². The lowest BCUT2D eigenvalue weighted by Gasteiger charge is -2.07. The van der Waals surface area contributed by atoms with E-state index in [0.29, 0.717) is 12.3 Å². The molecular formula is C14H19NO4. The van der Waals surface area contributed by atoms with Gasteiger partial charge >= 0.3 is 11.9 Å². The van der Waals surface area contributed by atoms with Crippen LogP contribution in [0.25, 0.3) is 0 Å². The molecule has 0 saturated heterocycles. The molecule has 1 aromatic carbocycles. The Morgan fingerprint density at radius 3 is 2.42 bits per heavy atom. The van der Waals surface area contributed by atoms with Crippen molar-refractivity contribution < 1.29 is 19.1 Å². The van der Waals surface area contributed by atoms with Gasteiger partial charge in [0.15, 0.2) is 0 Å². The summed E-state index contributed by atoms with van der Waals surface area (Å²) in [5, 5.41) is 2.45. The summed E-state index contributed by atoms with van der Waals surface area (Å²) in [7, 11) is 0. The Bertz CT molecular complexity index is 414. The van der Waals surface area contributed by atoms with Crippen molar-refractivity contribution in [3.8, 4) is 5.75 Å². The van der Waals surface area contributed by atoms with Crippen LogP contribution < -0.4 is 10.1 Å². The predicted molar refractivity (Wildman–Crippen MR) is 72.1 cm³/mol. The monoisotopic (exact) mass is 265 g/mol. The van der Waals surface area contributed by atoms with Crippen molar-refractivity contribution in [2.24, 2.45) is 0 Å². The lowest BCUT2D eigenvalue weighted by atomic mass is 10.3. The molecule has 0 aliphatic rings. The van der Waals surface area contributed by atoms with E-state index < -0.39 is 11.9 Å². The van der Waals surface area contributed by atoms with E-state index in [1.54, 1.807) is 31.2 Å². The molecule has 0 unspecified atom stereocenters. The van der Waals surface area contributed by atoms with Gasteiger partial charge in [-0.05, 0) is 37.6 Å². The van der Waals surface area contributed by atoms with Gasteiger partial charge in [0, 0.05) is 5.69 Å². The summed E-state index contributed by atoms with van der Waals surface area (Å²) in [4.78, 5) is 22.5. The summed E-state index contributed by atoms with van der Waals surface area (Å²) >= 11 is 0. The molecule has 0 aliphatic heterocycles. The Morgan fingerprint density at radius 2 is 1.84 bits per heavy atom. The van der Waals surface area contributed by atoms with Crippen molar-refractivity contribution in [3.05, 3.63) is 24.3 Å². The van der Waals surface area contributed by atoms with Gasteiger partial charge in [-0.2, -0.15) is 0 Å². The summed E-state index contributed by atoms with van der Waals surface area (Å²) < 4.78 is 10.1. The number of unbranched alkanes of at least 4 members (excludes halogenated alkanes) is 1. The molecule has 0 aromatic heterocycles. The maximum absolute atomic E-state index is 11.4. The normalized spacial score (nSPS) is 9.79. The van der Waals surface area contributed by atoms with Crippen molar-refractivity contribution in [1.29, 1.82) is 0 Å². The van der Waals surface area contributed by atoms with Crippen molar-refractivity contribution in [2.45, 2.75) is 26.7 Å². The summed E-state index contributed by atoms with van der Waals surface area (Å²) in [5.74, 6) is -0.921. The fourth-order valence-corrected chi connectivity index (χ4v) is 1.35. The number of anilines is 1. The van der Waals surface area contributed by atoms with Gasteiger partial charge in [0.2, 0.25) is 0 Å². The van der Waals surface area contributed by atoms with Crippen LogP contribution in [0.2, 0.25) is 0 Å². The van der Waals surface area contributed by atoms with Crippen molar-refractivity contribution in [1.82, 2.24) is 0 Å². The van der Waals surface area contributed by atoms with Gasteiger partial charge in [0.25, 0.3) is 0 Å². The zero-order valence-electron chi connectivity index (χ0n) is 11.3. The number of carbonyl (C=O) groups excluding carboxylic acids is 2. The minimum atomic E-state index is -0.884. The first-order chi connectivity index (χ1) is 9.17. The maximum atomic E-state index is 11.4. The molecule has 1 N–H and O–H groups in total. The summed E-state index contributed by atoms with van der Waals surface area (Å²) in [5.41, 5.74) is 0.529. The number of esters is 1. The second-order valence-corrected chi connectivity index (χ2v) is 3.90. The second kappa shape index (κ2) is 8.13. The minimum Gasteiger partial charge on any atom is -0.494 e. The first kappa shape index (κ1) is 15.0. The Labute approximate surface area is 112 Å². The van der Waals surface area contributed by atoms with Crippen LogP contribution in [0.4, 0.5) is 5.69 Å². The van der Waals surface area contributed by atoms with E-state index in [9.17, 15) is 9.59 Å². The quantitative estimate of drug-likeness (QED) is 0.487. The van der Waals surface area contributed by atoms with E-state index in [4.69, 9.17) is 4.74 Å². The Morgan fingerprint density at radius 1 is 1.16 bits per heavy atom. The fourth-order valence-electron chi connectivity index (χ4n) is 1.35. The Kier molecular flexibility index (Phi) is 6.43. The van der Waals surface area contributed by atoms with E-state index >= 15 is 0 Å². The number of rotatable bonds is 6. The lowest BCUT2D eigenvalue weighted by molar-refractivity contribution is -0.152. The number of carbonyl (C=O) groups is 2. The molecule has 5 heteroatoms. The summed E-state index contributed by atoms with van der Waals surface area (Å²) in [6.45, 7) is 4.59. The number of ether oxygens (including phenoxy) is 2. The fraction of sp³-hybridized carbons (Fsp3) is 0.429. The third kappa shape index (κ3) is 5.42. The Balaban J connectivity index is 2.47.